The summed E-state index contributed by atoms with van der Waals surface area (Å²) in [5, 5.41) is 0. The SMILES string of the molecule is Cc1ncsc1[C@H]1[C@H](N)CC(=O)N1C. The van der Waals surface area contributed by atoms with E-state index in [0.717, 1.165) is 10.6 Å². The van der Waals surface area contributed by atoms with Crippen molar-refractivity contribution in [2.45, 2.75) is 25.4 Å². The number of thiazole rings is 1. The molecule has 2 heterocycles. The molecule has 0 radical (unpaired) electrons. The van der Waals surface area contributed by atoms with Gasteiger partial charge in [0.25, 0.3) is 0 Å². The van der Waals surface area contributed by atoms with Crippen LogP contribution >= 0.6 is 11.3 Å². The molecule has 0 aromatic carbocycles. The lowest BCUT2D eigenvalue weighted by molar-refractivity contribution is -0.127. The molecule has 1 aromatic rings. The molecular formula is C9H13N3OS. The number of rotatable bonds is 1. The van der Waals surface area contributed by atoms with Crippen molar-refractivity contribution < 1.29 is 4.79 Å². The first kappa shape index (κ1) is 9.61. The highest BCUT2D eigenvalue weighted by molar-refractivity contribution is 7.09. The zero-order chi connectivity index (χ0) is 10.3. The number of carbonyl (C=O) groups is 1. The Kier molecular flexibility index (Phi) is 2.28. The van der Waals surface area contributed by atoms with Gasteiger partial charge in [0, 0.05) is 19.5 Å². The lowest BCUT2D eigenvalue weighted by Gasteiger charge is -2.21. The van der Waals surface area contributed by atoms with Crippen LogP contribution in [0, 0.1) is 6.92 Å². The Bertz CT molecular complexity index is 363. The van der Waals surface area contributed by atoms with Crippen molar-refractivity contribution >= 4 is 17.2 Å². The lowest BCUT2D eigenvalue weighted by atomic mass is 10.1. The van der Waals surface area contributed by atoms with Crippen molar-refractivity contribution in [3.8, 4) is 0 Å². The summed E-state index contributed by atoms with van der Waals surface area (Å²) in [6.07, 6.45) is 0.443. The van der Waals surface area contributed by atoms with Crippen molar-refractivity contribution in [1.82, 2.24) is 9.88 Å². The summed E-state index contributed by atoms with van der Waals surface area (Å²) < 4.78 is 0. The van der Waals surface area contributed by atoms with Crippen LogP contribution in [0.4, 0.5) is 0 Å². The van der Waals surface area contributed by atoms with Gasteiger partial charge in [-0.3, -0.25) is 4.79 Å². The highest BCUT2D eigenvalue weighted by Gasteiger charge is 2.37. The summed E-state index contributed by atoms with van der Waals surface area (Å²) >= 11 is 1.57. The second kappa shape index (κ2) is 3.33. The molecule has 0 saturated carbocycles. The van der Waals surface area contributed by atoms with E-state index in [4.69, 9.17) is 5.73 Å². The van der Waals surface area contributed by atoms with Crippen molar-refractivity contribution in [2.75, 3.05) is 7.05 Å². The van der Waals surface area contributed by atoms with Gasteiger partial charge in [-0.15, -0.1) is 11.3 Å². The smallest absolute Gasteiger partial charge is 0.224 e. The largest absolute Gasteiger partial charge is 0.336 e. The van der Waals surface area contributed by atoms with Crippen LogP contribution in [-0.4, -0.2) is 28.9 Å². The fourth-order valence-electron chi connectivity index (χ4n) is 1.86. The molecule has 0 bridgehead atoms. The average molecular weight is 211 g/mol. The summed E-state index contributed by atoms with van der Waals surface area (Å²) in [4.78, 5) is 18.5. The maximum absolute atomic E-state index is 11.4. The van der Waals surface area contributed by atoms with E-state index >= 15 is 0 Å². The Morgan fingerprint density at radius 3 is 2.86 bits per heavy atom. The van der Waals surface area contributed by atoms with Gasteiger partial charge in [-0.25, -0.2) is 4.98 Å². The third-order valence-corrected chi connectivity index (χ3v) is 3.68. The van der Waals surface area contributed by atoms with Gasteiger partial charge < -0.3 is 10.6 Å². The number of carbonyl (C=O) groups excluding carboxylic acids is 1. The molecule has 0 aliphatic carbocycles. The van der Waals surface area contributed by atoms with Gasteiger partial charge in [0.05, 0.1) is 22.1 Å². The van der Waals surface area contributed by atoms with Crippen LogP contribution in [0.25, 0.3) is 0 Å². The number of aryl methyl sites for hydroxylation is 1. The fraction of sp³-hybridized carbons (Fsp3) is 0.556. The Balaban J connectivity index is 2.35. The maximum Gasteiger partial charge on any atom is 0.224 e. The van der Waals surface area contributed by atoms with Crippen LogP contribution in [0.5, 0.6) is 0 Å². The van der Waals surface area contributed by atoms with Gasteiger partial charge in [-0.2, -0.15) is 0 Å². The van der Waals surface area contributed by atoms with E-state index in [1.54, 1.807) is 28.8 Å². The van der Waals surface area contributed by atoms with Gasteiger partial charge in [-0.1, -0.05) is 0 Å². The van der Waals surface area contributed by atoms with E-state index in [1.807, 2.05) is 6.92 Å². The highest BCUT2D eigenvalue weighted by Crippen LogP contribution is 2.34. The number of amides is 1. The topological polar surface area (TPSA) is 59.2 Å². The van der Waals surface area contributed by atoms with E-state index < -0.39 is 0 Å². The molecule has 5 heteroatoms. The Hall–Kier alpha value is -0.940. The molecular weight excluding hydrogens is 198 g/mol. The summed E-state index contributed by atoms with van der Waals surface area (Å²) in [6.45, 7) is 1.95. The first-order valence-corrected chi connectivity index (χ1v) is 5.40. The van der Waals surface area contributed by atoms with Gasteiger partial charge in [-0.05, 0) is 6.92 Å². The van der Waals surface area contributed by atoms with Crippen LogP contribution in [0.15, 0.2) is 5.51 Å². The second-order valence-corrected chi connectivity index (χ2v) is 4.51. The molecule has 0 spiro atoms. The molecule has 76 valence electrons. The number of aromatic nitrogens is 1. The minimum absolute atomic E-state index is 0.0231. The molecule has 2 N–H and O–H groups in total. The zero-order valence-electron chi connectivity index (χ0n) is 8.23. The normalized spacial score (nSPS) is 27.4. The molecule has 1 aliphatic rings. The molecule has 1 aliphatic heterocycles. The maximum atomic E-state index is 11.4. The van der Waals surface area contributed by atoms with E-state index in [9.17, 15) is 4.79 Å². The van der Waals surface area contributed by atoms with Crippen molar-refractivity contribution in [2.24, 2.45) is 5.73 Å². The lowest BCUT2D eigenvalue weighted by Crippen LogP contribution is -2.30. The number of hydrogen-bond donors (Lipinski definition) is 1. The monoisotopic (exact) mass is 211 g/mol. The number of likely N-dealkylation sites (N-methyl/N-ethyl adjacent to an activating group) is 1. The number of nitrogens with two attached hydrogens (primary N) is 1. The highest BCUT2D eigenvalue weighted by atomic mass is 32.1. The van der Waals surface area contributed by atoms with E-state index in [1.165, 1.54) is 0 Å². The minimum Gasteiger partial charge on any atom is -0.336 e. The molecule has 1 fully saturated rings. The van der Waals surface area contributed by atoms with Crippen LogP contribution < -0.4 is 5.73 Å². The van der Waals surface area contributed by atoms with Crippen molar-refractivity contribution in [3.63, 3.8) is 0 Å². The summed E-state index contributed by atoms with van der Waals surface area (Å²) in [7, 11) is 1.80. The standard InChI is InChI=1S/C9H13N3OS/c1-5-9(14-4-11-5)8-6(10)3-7(13)12(8)2/h4,6,8H,3,10H2,1-2H3/t6-,8-/m1/s1. The third-order valence-electron chi connectivity index (χ3n) is 2.68. The molecule has 1 saturated heterocycles. The first-order chi connectivity index (χ1) is 6.61. The Morgan fingerprint density at radius 1 is 1.71 bits per heavy atom. The quantitative estimate of drug-likeness (QED) is 0.743. The molecule has 4 nitrogen and oxygen atoms in total. The molecule has 2 atom stereocenters. The zero-order valence-corrected chi connectivity index (χ0v) is 9.04. The minimum atomic E-state index is -0.0911. The third kappa shape index (κ3) is 1.33. The number of hydrogen-bond acceptors (Lipinski definition) is 4. The molecule has 2 rings (SSSR count). The second-order valence-electron chi connectivity index (χ2n) is 3.62. The molecule has 0 unspecified atom stereocenters. The molecule has 14 heavy (non-hydrogen) atoms. The van der Waals surface area contributed by atoms with Gasteiger partial charge in [0.15, 0.2) is 0 Å². The van der Waals surface area contributed by atoms with E-state index in [-0.39, 0.29) is 18.0 Å². The predicted molar refractivity (Wildman–Crippen MR) is 55.0 cm³/mol. The van der Waals surface area contributed by atoms with Crippen LogP contribution in [0.1, 0.15) is 23.0 Å². The van der Waals surface area contributed by atoms with Gasteiger partial charge in [0.1, 0.15) is 0 Å². The van der Waals surface area contributed by atoms with E-state index in [2.05, 4.69) is 4.98 Å². The summed E-state index contributed by atoms with van der Waals surface area (Å²) in [6, 6.07) is -0.0679. The number of likely N-dealkylation sites (tertiary alicyclic amines) is 1. The van der Waals surface area contributed by atoms with Gasteiger partial charge in [0.2, 0.25) is 5.91 Å². The van der Waals surface area contributed by atoms with Crippen molar-refractivity contribution in [1.29, 1.82) is 0 Å². The van der Waals surface area contributed by atoms with Crippen LogP contribution in [-0.2, 0) is 4.79 Å². The Morgan fingerprint density at radius 2 is 2.43 bits per heavy atom. The molecule has 1 amide bonds. The summed E-state index contributed by atoms with van der Waals surface area (Å²) in [5.74, 6) is 0.121. The molecule has 1 aromatic heterocycles. The van der Waals surface area contributed by atoms with Crippen LogP contribution in [0.2, 0.25) is 0 Å². The number of nitrogens with zero attached hydrogens (tertiary/aromatic N) is 2. The van der Waals surface area contributed by atoms with Crippen LogP contribution in [0.3, 0.4) is 0 Å². The Labute approximate surface area is 86.7 Å². The van der Waals surface area contributed by atoms with Crippen molar-refractivity contribution in [3.05, 3.63) is 16.1 Å². The predicted octanol–water partition coefficient (Wildman–Crippen LogP) is 0.682. The summed E-state index contributed by atoms with van der Waals surface area (Å²) in [5.41, 5.74) is 8.72. The first-order valence-electron chi connectivity index (χ1n) is 4.52. The average Bonchev–Trinajstić information content (AvgIpc) is 2.60. The van der Waals surface area contributed by atoms with E-state index in [0.29, 0.717) is 6.42 Å². The van der Waals surface area contributed by atoms with Gasteiger partial charge >= 0.3 is 0 Å². The fourth-order valence-corrected chi connectivity index (χ4v) is 2.88.